The summed E-state index contributed by atoms with van der Waals surface area (Å²) in [6.07, 6.45) is 0. The third-order valence-corrected chi connectivity index (χ3v) is 5.01. The minimum absolute atomic E-state index is 0.111. The molecule has 1 amide bonds. The Labute approximate surface area is 164 Å². The molecule has 7 heteroatoms. The standard InChI is InChI=1S/C20H15ClFNO3S/c1-2-26-20(25)17-14(12-7-3-5-9-15(12)21)11-27-19(17)23-18(24)13-8-4-6-10-16(13)22/h3-11H,2H2,1H3,(H,23,24). The number of ether oxygens (including phenoxy) is 1. The minimum Gasteiger partial charge on any atom is -0.462 e. The molecule has 0 atom stereocenters. The molecule has 4 nitrogen and oxygen atoms in total. The summed E-state index contributed by atoms with van der Waals surface area (Å²) in [6.45, 7) is 1.87. The van der Waals surface area contributed by atoms with Gasteiger partial charge in [-0.2, -0.15) is 0 Å². The van der Waals surface area contributed by atoms with E-state index in [-0.39, 0.29) is 22.7 Å². The van der Waals surface area contributed by atoms with Crippen LogP contribution in [0.1, 0.15) is 27.6 Å². The first-order valence-corrected chi connectivity index (χ1v) is 9.38. The lowest BCUT2D eigenvalue weighted by molar-refractivity contribution is 0.0529. The Morgan fingerprint density at radius 1 is 1.11 bits per heavy atom. The topological polar surface area (TPSA) is 55.4 Å². The summed E-state index contributed by atoms with van der Waals surface area (Å²) in [4.78, 5) is 25.0. The quantitative estimate of drug-likeness (QED) is 0.561. The van der Waals surface area contributed by atoms with Crippen molar-refractivity contribution in [2.75, 3.05) is 11.9 Å². The number of hydrogen-bond donors (Lipinski definition) is 1. The summed E-state index contributed by atoms with van der Waals surface area (Å²) in [6, 6.07) is 12.7. The van der Waals surface area contributed by atoms with Gasteiger partial charge in [0.25, 0.3) is 5.91 Å². The van der Waals surface area contributed by atoms with Crippen LogP contribution < -0.4 is 5.32 Å². The Bertz CT molecular complexity index is 1000. The highest BCUT2D eigenvalue weighted by Crippen LogP contribution is 2.39. The molecule has 1 N–H and O–H groups in total. The number of halogens is 2. The Kier molecular flexibility index (Phi) is 5.88. The van der Waals surface area contributed by atoms with Crippen molar-refractivity contribution in [2.24, 2.45) is 0 Å². The van der Waals surface area contributed by atoms with Crippen molar-refractivity contribution in [3.63, 3.8) is 0 Å². The van der Waals surface area contributed by atoms with Gasteiger partial charge >= 0.3 is 5.97 Å². The molecular weight excluding hydrogens is 389 g/mol. The molecule has 0 saturated heterocycles. The van der Waals surface area contributed by atoms with Crippen molar-refractivity contribution < 1.29 is 18.7 Å². The molecule has 0 aliphatic carbocycles. The van der Waals surface area contributed by atoms with E-state index in [1.807, 2.05) is 0 Å². The van der Waals surface area contributed by atoms with E-state index in [0.717, 1.165) is 11.3 Å². The number of nitrogens with one attached hydrogen (secondary N) is 1. The summed E-state index contributed by atoms with van der Waals surface area (Å²) in [5, 5.41) is 5.07. The van der Waals surface area contributed by atoms with Crippen LogP contribution in [0.25, 0.3) is 11.1 Å². The number of hydrogen-bond acceptors (Lipinski definition) is 4. The van der Waals surface area contributed by atoms with E-state index in [0.29, 0.717) is 16.1 Å². The minimum atomic E-state index is -0.647. The fourth-order valence-corrected chi connectivity index (χ4v) is 3.73. The molecular formula is C20H15ClFNO3S. The van der Waals surface area contributed by atoms with Crippen LogP contribution in [0.5, 0.6) is 0 Å². The molecule has 0 aliphatic rings. The maximum Gasteiger partial charge on any atom is 0.341 e. The van der Waals surface area contributed by atoms with Crippen LogP contribution in [0.2, 0.25) is 5.02 Å². The van der Waals surface area contributed by atoms with Crippen LogP contribution in [0.3, 0.4) is 0 Å². The third kappa shape index (κ3) is 4.02. The Morgan fingerprint density at radius 3 is 2.52 bits per heavy atom. The molecule has 1 heterocycles. The average molecular weight is 404 g/mol. The van der Waals surface area contributed by atoms with Gasteiger partial charge in [-0.15, -0.1) is 11.3 Å². The number of amides is 1. The van der Waals surface area contributed by atoms with E-state index in [4.69, 9.17) is 16.3 Å². The highest BCUT2D eigenvalue weighted by atomic mass is 35.5. The van der Waals surface area contributed by atoms with Crippen molar-refractivity contribution in [1.82, 2.24) is 0 Å². The van der Waals surface area contributed by atoms with Crippen molar-refractivity contribution in [3.05, 3.63) is 75.9 Å². The second kappa shape index (κ2) is 8.33. The molecule has 0 spiro atoms. The molecule has 0 fully saturated rings. The summed E-state index contributed by atoms with van der Waals surface area (Å²) in [5.41, 5.74) is 1.28. The maximum absolute atomic E-state index is 13.9. The lowest BCUT2D eigenvalue weighted by Crippen LogP contribution is -2.16. The Balaban J connectivity index is 2.03. The number of rotatable bonds is 5. The van der Waals surface area contributed by atoms with E-state index in [2.05, 4.69) is 5.32 Å². The number of anilines is 1. The predicted octanol–water partition coefficient (Wildman–Crippen LogP) is 5.64. The fourth-order valence-electron chi connectivity index (χ4n) is 2.55. The summed E-state index contributed by atoms with van der Waals surface area (Å²) < 4.78 is 19.0. The van der Waals surface area contributed by atoms with Crippen molar-refractivity contribution >= 4 is 39.8 Å². The van der Waals surface area contributed by atoms with Gasteiger partial charge in [0.2, 0.25) is 0 Å². The van der Waals surface area contributed by atoms with Gasteiger partial charge in [-0.25, -0.2) is 9.18 Å². The zero-order chi connectivity index (χ0) is 19.4. The first-order chi connectivity index (χ1) is 13.0. The van der Waals surface area contributed by atoms with Crippen molar-refractivity contribution in [1.29, 1.82) is 0 Å². The second-order valence-electron chi connectivity index (χ2n) is 5.49. The van der Waals surface area contributed by atoms with Crippen LogP contribution in [0.15, 0.2) is 53.9 Å². The van der Waals surface area contributed by atoms with Crippen LogP contribution >= 0.6 is 22.9 Å². The highest BCUT2D eigenvalue weighted by Gasteiger charge is 2.24. The van der Waals surface area contributed by atoms with Crippen molar-refractivity contribution in [2.45, 2.75) is 6.92 Å². The van der Waals surface area contributed by atoms with Crippen molar-refractivity contribution in [3.8, 4) is 11.1 Å². The number of carbonyl (C=O) groups excluding carboxylic acids is 2. The van der Waals surface area contributed by atoms with Gasteiger partial charge in [0.15, 0.2) is 0 Å². The number of esters is 1. The molecule has 0 saturated carbocycles. The fraction of sp³-hybridized carbons (Fsp3) is 0.100. The van der Waals surface area contributed by atoms with Gasteiger partial charge in [0.1, 0.15) is 16.4 Å². The summed E-state index contributed by atoms with van der Waals surface area (Å²) in [7, 11) is 0. The average Bonchev–Trinajstić information content (AvgIpc) is 3.06. The van der Waals surface area contributed by atoms with Gasteiger partial charge < -0.3 is 10.1 Å². The van der Waals surface area contributed by atoms with E-state index in [9.17, 15) is 14.0 Å². The molecule has 2 aromatic carbocycles. The Hall–Kier alpha value is -2.70. The molecule has 3 aromatic rings. The van der Waals surface area contributed by atoms with Crippen LogP contribution in [-0.4, -0.2) is 18.5 Å². The lowest BCUT2D eigenvalue weighted by Gasteiger charge is -2.10. The predicted molar refractivity (Wildman–Crippen MR) is 105 cm³/mol. The van der Waals surface area contributed by atoms with Crippen LogP contribution in [-0.2, 0) is 4.74 Å². The van der Waals surface area contributed by atoms with E-state index < -0.39 is 17.7 Å². The smallest absolute Gasteiger partial charge is 0.341 e. The first kappa shape index (κ1) is 19.1. The van der Waals surface area contributed by atoms with Crippen LogP contribution in [0.4, 0.5) is 9.39 Å². The van der Waals surface area contributed by atoms with Gasteiger partial charge in [0.05, 0.1) is 12.2 Å². The van der Waals surface area contributed by atoms with E-state index in [1.165, 1.54) is 18.2 Å². The number of benzene rings is 2. The molecule has 3 rings (SSSR count). The molecule has 0 unspecified atom stereocenters. The molecule has 0 radical (unpaired) electrons. The van der Waals surface area contributed by atoms with Gasteiger partial charge in [-0.3, -0.25) is 4.79 Å². The molecule has 0 bridgehead atoms. The zero-order valence-corrected chi connectivity index (χ0v) is 15.9. The maximum atomic E-state index is 13.9. The highest BCUT2D eigenvalue weighted by molar-refractivity contribution is 7.15. The summed E-state index contributed by atoms with van der Waals surface area (Å²) >= 11 is 7.41. The molecule has 27 heavy (non-hydrogen) atoms. The Morgan fingerprint density at radius 2 is 1.81 bits per heavy atom. The third-order valence-electron chi connectivity index (χ3n) is 3.78. The SMILES string of the molecule is CCOC(=O)c1c(-c2ccccc2Cl)csc1NC(=O)c1ccccc1F. The summed E-state index contributed by atoms with van der Waals surface area (Å²) in [5.74, 6) is -1.88. The number of thiophene rings is 1. The molecule has 1 aromatic heterocycles. The van der Waals surface area contributed by atoms with Gasteiger partial charge in [-0.1, -0.05) is 41.9 Å². The second-order valence-corrected chi connectivity index (χ2v) is 6.77. The zero-order valence-electron chi connectivity index (χ0n) is 14.3. The van der Waals surface area contributed by atoms with E-state index in [1.54, 1.807) is 42.6 Å². The largest absolute Gasteiger partial charge is 0.462 e. The number of carbonyl (C=O) groups is 2. The first-order valence-electron chi connectivity index (χ1n) is 8.12. The van der Waals surface area contributed by atoms with E-state index >= 15 is 0 Å². The van der Waals surface area contributed by atoms with Gasteiger partial charge in [-0.05, 0) is 25.1 Å². The molecule has 0 aliphatic heterocycles. The molecule has 138 valence electrons. The monoisotopic (exact) mass is 403 g/mol. The lowest BCUT2D eigenvalue weighted by atomic mass is 10.0. The normalized spacial score (nSPS) is 10.5. The van der Waals surface area contributed by atoms with Gasteiger partial charge in [0, 0.05) is 21.5 Å². The van der Waals surface area contributed by atoms with Crippen LogP contribution in [0, 0.1) is 5.82 Å².